The number of ether oxygens (including phenoxy) is 1. The molecular weight excluding hydrogens is 208 g/mol. The number of hydrazine groups is 2. The molecule has 1 amide bonds. The van der Waals surface area contributed by atoms with Crippen LogP contribution in [0.3, 0.4) is 0 Å². The molecule has 1 heterocycles. The van der Waals surface area contributed by atoms with Gasteiger partial charge in [0.15, 0.2) is 0 Å². The highest BCUT2D eigenvalue weighted by Gasteiger charge is 2.15. The molecule has 0 aliphatic carbocycles. The Morgan fingerprint density at radius 3 is 2.50 bits per heavy atom. The van der Waals surface area contributed by atoms with Gasteiger partial charge in [-0.05, 0) is 12.1 Å². The summed E-state index contributed by atoms with van der Waals surface area (Å²) < 4.78 is 5.02. The molecule has 0 bridgehead atoms. The molecule has 0 spiro atoms. The monoisotopic (exact) mass is 226 g/mol. The van der Waals surface area contributed by atoms with Gasteiger partial charge in [0, 0.05) is 6.07 Å². The smallest absolute Gasteiger partial charge is 0.268 e. The topological polar surface area (TPSA) is 97.4 Å². The molecule has 6 heteroatoms. The Morgan fingerprint density at radius 1 is 1.19 bits per heavy atom. The van der Waals surface area contributed by atoms with Crippen molar-refractivity contribution < 1.29 is 9.53 Å². The second kappa shape index (κ2) is 6.65. The number of fused-ring (bicyclic) bond motifs is 1. The first-order valence-corrected chi connectivity index (χ1v) is 4.80. The number of amides is 1. The van der Waals surface area contributed by atoms with Crippen molar-refractivity contribution in [1.82, 2.24) is 17.1 Å². The van der Waals surface area contributed by atoms with Gasteiger partial charge in [0.2, 0.25) is 0 Å². The predicted molar refractivity (Wildman–Crippen MR) is 63.6 cm³/mol. The van der Waals surface area contributed by atoms with Gasteiger partial charge in [-0.3, -0.25) is 10.2 Å². The summed E-state index contributed by atoms with van der Waals surface area (Å²) in [6, 6.07) is 5.20. The third kappa shape index (κ3) is 2.85. The van der Waals surface area contributed by atoms with Crippen LogP contribution in [0.5, 0.6) is 5.75 Å². The van der Waals surface area contributed by atoms with Crippen molar-refractivity contribution in [3.05, 3.63) is 23.8 Å². The number of nitrogens with one attached hydrogen (secondary N) is 3. The van der Waals surface area contributed by atoms with Crippen molar-refractivity contribution in [2.45, 2.75) is 13.8 Å². The molecule has 1 aromatic carbocycles. The summed E-state index contributed by atoms with van der Waals surface area (Å²) in [4.78, 5) is 11.2. The van der Waals surface area contributed by atoms with Crippen LogP contribution in [0.15, 0.2) is 18.2 Å². The Hall–Kier alpha value is -1.79. The van der Waals surface area contributed by atoms with E-state index in [1.54, 1.807) is 25.3 Å². The van der Waals surface area contributed by atoms with Gasteiger partial charge in [0.1, 0.15) is 5.75 Å². The lowest BCUT2D eigenvalue weighted by Gasteiger charge is -2.19. The summed E-state index contributed by atoms with van der Waals surface area (Å²) in [7, 11) is 1.58. The van der Waals surface area contributed by atoms with Gasteiger partial charge < -0.3 is 16.3 Å². The van der Waals surface area contributed by atoms with E-state index in [9.17, 15) is 4.79 Å². The van der Waals surface area contributed by atoms with Crippen molar-refractivity contribution >= 4 is 11.6 Å². The van der Waals surface area contributed by atoms with E-state index in [0.717, 1.165) is 0 Å². The molecule has 0 fully saturated rings. The fourth-order valence-corrected chi connectivity index (χ4v) is 1.17. The SMILES string of the molecule is CC.COc1ccc2c(c1)NNNC2=O.N. The van der Waals surface area contributed by atoms with Gasteiger partial charge in [-0.15, -0.1) is 5.53 Å². The fraction of sp³-hybridized carbons (Fsp3) is 0.300. The van der Waals surface area contributed by atoms with Crippen LogP contribution in [-0.4, -0.2) is 13.0 Å². The van der Waals surface area contributed by atoms with Crippen molar-refractivity contribution in [2.24, 2.45) is 0 Å². The van der Waals surface area contributed by atoms with Gasteiger partial charge in [-0.1, -0.05) is 13.8 Å². The second-order valence-electron chi connectivity index (χ2n) is 2.62. The standard InChI is InChI=1S/C8H9N3O2.C2H6.H3N/c1-13-5-2-3-6-7(4-5)9-11-10-8(6)12;1-2;/h2-4,9,11H,1H3,(H,10,12);1-2H3;1H3. The molecule has 6 N–H and O–H groups in total. The molecule has 1 aliphatic heterocycles. The minimum absolute atomic E-state index is 0. The summed E-state index contributed by atoms with van der Waals surface area (Å²) in [5, 5.41) is 0. The van der Waals surface area contributed by atoms with Crippen molar-refractivity contribution in [3.8, 4) is 5.75 Å². The molecule has 16 heavy (non-hydrogen) atoms. The molecular formula is C10H18N4O2. The first-order valence-electron chi connectivity index (χ1n) is 4.80. The summed E-state index contributed by atoms with van der Waals surface area (Å²) in [5.74, 6) is 0.555. The zero-order chi connectivity index (χ0) is 11.3. The zero-order valence-electron chi connectivity index (χ0n) is 9.76. The van der Waals surface area contributed by atoms with Gasteiger partial charge in [-0.25, -0.2) is 0 Å². The summed E-state index contributed by atoms with van der Waals surface area (Å²) in [6.45, 7) is 4.00. The van der Waals surface area contributed by atoms with Crippen LogP contribution in [0, 0.1) is 0 Å². The average molecular weight is 226 g/mol. The molecule has 0 unspecified atom stereocenters. The van der Waals surface area contributed by atoms with E-state index in [1.807, 2.05) is 13.8 Å². The molecule has 0 saturated heterocycles. The Labute approximate surface area is 94.9 Å². The number of anilines is 1. The fourth-order valence-electron chi connectivity index (χ4n) is 1.17. The van der Waals surface area contributed by atoms with Crippen LogP contribution in [0.2, 0.25) is 0 Å². The number of hydrogen-bond donors (Lipinski definition) is 4. The first kappa shape index (κ1) is 14.2. The van der Waals surface area contributed by atoms with E-state index in [0.29, 0.717) is 17.0 Å². The number of methoxy groups -OCH3 is 1. The Bertz CT molecular complexity index is 355. The average Bonchev–Trinajstić information content (AvgIpc) is 2.31. The van der Waals surface area contributed by atoms with Crippen LogP contribution < -0.4 is 27.3 Å². The summed E-state index contributed by atoms with van der Waals surface area (Å²) >= 11 is 0. The van der Waals surface area contributed by atoms with Gasteiger partial charge in [0.25, 0.3) is 5.91 Å². The molecule has 6 nitrogen and oxygen atoms in total. The Kier molecular flexibility index (Phi) is 5.91. The highest BCUT2D eigenvalue weighted by Crippen LogP contribution is 2.22. The van der Waals surface area contributed by atoms with Gasteiger partial charge >= 0.3 is 0 Å². The Balaban J connectivity index is 0.000000711. The maximum Gasteiger partial charge on any atom is 0.268 e. The second-order valence-corrected chi connectivity index (χ2v) is 2.62. The van der Waals surface area contributed by atoms with Crippen molar-refractivity contribution in [3.63, 3.8) is 0 Å². The number of rotatable bonds is 1. The zero-order valence-corrected chi connectivity index (χ0v) is 9.76. The predicted octanol–water partition coefficient (Wildman–Crippen LogP) is 1.46. The molecule has 0 radical (unpaired) electrons. The summed E-state index contributed by atoms with van der Waals surface area (Å²) in [6.07, 6.45) is 0. The quantitative estimate of drug-likeness (QED) is 0.581. The molecule has 0 atom stereocenters. The maximum atomic E-state index is 11.2. The number of carbonyl (C=O) groups is 1. The third-order valence-electron chi connectivity index (χ3n) is 1.84. The van der Waals surface area contributed by atoms with Crippen LogP contribution >= 0.6 is 0 Å². The largest absolute Gasteiger partial charge is 0.497 e. The van der Waals surface area contributed by atoms with Crippen LogP contribution in [0.25, 0.3) is 0 Å². The molecule has 1 aromatic rings. The number of benzene rings is 1. The highest BCUT2D eigenvalue weighted by molar-refractivity contribution is 6.00. The molecule has 90 valence electrons. The van der Waals surface area contributed by atoms with Crippen molar-refractivity contribution in [2.75, 3.05) is 12.5 Å². The number of carbonyl (C=O) groups excluding carboxylic acids is 1. The van der Waals surface area contributed by atoms with Gasteiger partial charge in [0.05, 0.1) is 18.4 Å². The lowest BCUT2D eigenvalue weighted by Crippen LogP contribution is -2.45. The van der Waals surface area contributed by atoms with E-state index >= 15 is 0 Å². The minimum Gasteiger partial charge on any atom is -0.497 e. The highest BCUT2D eigenvalue weighted by atomic mass is 16.5. The van der Waals surface area contributed by atoms with E-state index in [4.69, 9.17) is 4.74 Å². The van der Waals surface area contributed by atoms with Crippen molar-refractivity contribution in [1.29, 1.82) is 0 Å². The molecule has 1 aliphatic rings. The molecule has 0 saturated carbocycles. The van der Waals surface area contributed by atoms with E-state index in [1.165, 1.54) is 0 Å². The van der Waals surface area contributed by atoms with E-state index in [-0.39, 0.29) is 12.1 Å². The maximum absolute atomic E-state index is 11.2. The minimum atomic E-state index is -0.156. The van der Waals surface area contributed by atoms with Crippen LogP contribution in [0.1, 0.15) is 24.2 Å². The van der Waals surface area contributed by atoms with Gasteiger partial charge in [-0.2, -0.15) is 0 Å². The molecule has 0 aromatic heterocycles. The van der Waals surface area contributed by atoms with E-state index in [2.05, 4.69) is 16.4 Å². The first-order chi connectivity index (χ1) is 7.31. The number of hydrogen-bond acceptors (Lipinski definition) is 5. The van der Waals surface area contributed by atoms with Crippen LogP contribution in [-0.2, 0) is 0 Å². The summed E-state index contributed by atoms with van der Waals surface area (Å²) in [5.41, 5.74) is 9.09. The normalized spacial score (nSPS) is 11.8. The lowest BCUT2D eigenvalue weighted by atomic mass is 10.1. The molecule has 2 rings (SSSR count). The third-order valence-corrected chi connectivity index (χ3v) is 1.84. The van der Waals surface area contributed by atoms with E-state index < -0.39 is 0 Å². The Morgan fingerprint density at radius 2 is 1.88 bits per heavy atom. The lowest BCUT2D eigenvalue weighted by molar-refractivity contribution is 0.0931. The van der Waals surface area contributed by atoms with Crippen LogP contribution in [0.4, 0.5) is 5.69 Å².